The average Bonchev–Trinajstić information content (AvgIpc) is 2.32. The number of ether oxygens (including phenoxy) is 1. The minimum Gasteiger partial charge on any atom is -0.503 e. The van der Waals surface area contributed by atoms with Crippen molar-refractivity contribution in [1.82, 2.24) is 0 Å². The van der Waals surface area contributed by atoms with Crippen LogP contribution in [0.5, 0.6) is 11.5 Å². The lowest BCUT2D eigenvalue weighted by atomic mass is 10.1. The minimum atomic E-state index is -0.152. The molecule has 86 valence electrons. The smallest absolute Gasteiger partial charge is 0.176 e. The molecule has 0 aliphatic carbocycles. The fraction of sp³-hybridized carbons (Fsp3) is 0.167. The molecular weight excluding hydrogens is 240 g/mol. The van der Waals surface area contributed by atoms with Gasteiger partial charge in [-0.1, -0.05) is 11.6 Å². The number of nitriles is 2. The molecule has 4 nitrogen and oxygen atoms in total. The van der Waals surface area contributed by atoms with Gasteiger partial charge in [-0.3, -0.25) is 0 Å². The van der Waals surface area contributed by atoms with Crippen LogP contribution in [0.4, 0.5) is 0 Å². The number of aromatic hydroxyl groups is 1. The Morgan fingerprint density at radius 2 is 2.12 bits per heavy atom. The first-order valence-electron chi connectivity index (χ1n) is 4.79. The molecule has 0 aliphatic heterocycles. The van der Waals surface area contributed by atoms with Gasteiger partial charge in [0, 0.05) is 0 Å². The molecule has 0 amide bonds. The number of benzene rings is 1. The van der Waals surface area contributed by atoms with Crippen LogP contribution in [-0.4, -0.2) is 11.7 Å². The molecule has 0 aliphatic rings. The SMILES string of the molecule is CCOc1cc(C=C(C#N)C#N)cc(Cl)c1O. The normalized spacial score (nSPS) is 8.94. The molecule has 1 rings (SSSR count). The third kappa shape index (κ3) is 3.14. The molecule has 1 aromatic carbocycles. The van der Waals surface area contributed by atoms with E-state index in [-0.39, 0.29) is 22.1 Å². The van der Waals surface area contributed by atoms with Crippen LogP contribution in [-0.2, 0) is 0 Å². The van der Waals surface area contributed by atoms with Crippen molar-refractivity contribution in [1.29, 1.82) is 10.5 Å². The van der Waals surface area contributed by atoms with Crippen LogP contribution in [0.1, 0.15) is 12.5 Å². The summed E-state index contributed by atoms with van der Waals surface area (Å²) in [6.45, 7) is 2.15. The van der Waals surface area contributed by atoms with Gasteiger partial charge in [0.2, 0.25) is 0 Å². The van der Waals surface area contributed by atoms with Crippen molar-refractivity contribution in [2.24, 2.45) is 0 Å². The first-order chi connectivity index (χ1) is 8.12. The maximum absolute atomic E-state index is 9.59. The Hall–Kier alpha value is -2.17. The molecule has 17 heavy (non-hydrogen) atoms. The van der Waals surface area contributed by atoms with Crippen molar-refractivity contribution in [3.63, 3.8) is 0 Å². The van der Waals surface area contributed by atoms with Gasteiger partial charge in [0.15, 0.2) is 11.5 Å². The highest BCUT2D eigenvalue weighted by Crippen LogP contribution is 2.35. The summed E-state index contributed by atoms with van der Waals surface area (Å²) in [6.07, 6.45) is 1.37. The Labute approximate surface area is 104 Å². The zero-order valence-electron chi connectivity index (χ0n) is 9.07. The van der Waals surface area contributed by atoms with Crippen LogP contribution in [0.15, 0.2) is 17.7 Å². The molecule has 0 heterocycles. The van der Waals surface area contributed by atoms with E-state index in [4.69, 9.17) is 26.9 Å². The summed E-state index contributed by atoms with van der Waals surface area (Å²) in [7, 11) is 0. The van der Waals surface area contributed by atoms with E-state index < -0.39 is 0 Å². The molecule has 5 heteroatoms. The maximum Gasteiger partial charge on any atom is 0.176 e. The number of nitrogens with zero attached hydrogens (tertiary/aromatic N) is 2. The summed E-state index contributed by atoms with van der Waals surface area (Å²) in [5.41, 5.74) is 0.476. The standard InChI is InChI=1S/C12H9ClN2O2/c1-2-17-11-5-8(3-9(6-14)7-15)4-10(13)12(11)16/h3-5,16H,2H2,1H3. The van der Waals surface area contributed by atoms with Crippen molar-refractivity contribution < 1.29 is 9.84 Å². The van der Waals surface area contributed by atoms with Crippen molar-refractivity contribution in [2.75, 3.05) is 6.61 Å². The lowest BCUT2D eigenvalue weighted by molar-refractivity contribution is 0.318. The van der Waals surface area contributed by atoms with E-state index >= 15 is 0 Å². The van der Waals surface area contributed by atoms with E-state index in [0.29, 0.717) is 12.2 Å². The molecule has 0 saturated carbocycles. The van der Waals surface area contributed by atoms with E-state index in [0.717, 1.165) is 0 Å². The van der Waals surface area contributed by atoms with Gasteiger partial charge in [-0.15, -0.1) is 0 Å². The van der Waals surface area contributed by atoms with E-state index in [1.54, 1.807) is 19.1 Å². The number of allylic oxidation sites excluding steroid dienone is 1. The van der Waals surface area contributed by atoms with Crippen LogP contribution >= 0.6 is 11.6 Å². The molecule has 0 radical (unpaired) electrons. The Kier molecular flexibility index (Phi) is 4.39. The Morgan fingerprint density at radius 1 is 1.47 bits per heavy atom. The van der Waals surface area contributed by atoms with Crippen LogP contribution in [0.3, 0.4) is 0 Å². The second-order valence-corrected chi connectivity index (χ2v) is 3.47. The van der Waals surface area contributed by atoms with Gasteiger partial charge in [0.05, 0.1) is 11.6 Å². The van der Waals surface area contributed by atoms with Gasteiger partial charge in [0.1, 0.15) is 17.7 Å². The fourth-order valence-electron chi connectivity index (χ4n) is 1.20. The summed E-state index contributed by atoms with van der Waals surface area (Å²) < 4.78 is 5.18. The number of phenols is 1. The van der Waals surface area contributed by atoms with Gasteiger partial charge in [-0.2, -0.15) is 10.5 Å². The van der Waals surface area contributed by atoms with Crippen LogP contribution in [0, 0.1) is 22.7 Å². The lowest BCUT2D eigenvalue weighted by Gasteiger charge is -2.08. The number of hydrogen-bond acceptors (Lipinski definition) is 4. The van der Waals surface area contributed by atoms with Gasteiger partial charge >= 0.3 is 0 Å². The monoisotopic (exact) mass is 248 g/mol. The molecule has 0 saturated heterocycles. The average molecular weight is 249 g/mol. The fourth-order valence-corrected chi connectivity index (χ4v) is 1.42. The van der Waals surface area contributed by atoms with Crippen LogP contribution in [0.25, 0.3) is 6.08 Å². The summed E-state index contributed by atoms with van der Waals surface area (Å²) in [4.78, 5) is 0. The molecule has 1 aromatic rings. The first kappa shape index (κ1) is 12.9. The topological polar surface area (TPSA) is 77.0 Å². The third-order valence-electron chi connectivity index (χ3n) is 1.90. The third-order valence-corrected chi connectivity index (χ3v) is 2.19. The van der Waals surface area contributed by atoms with Crippen LogP contribution in [0.2, 0.25) is 5.02 Å². The summed E-state index contributed by atoms with van der Waals surface area (Å²) in [5.74, 6) is 0.0719. The van der Waals surface area contributed by atoms with E-state index in [1.807, 2.05) is 0 Å². The van der Waals surface area contributed by atoms with E-state index in [9.17, 15) is 5.11 Å². The highest BCUT2D eigenvalue weighted by Gasteiger charge is 2.09. The largest absolute Gasteiger partial charge is 0.503 e. The number of rotatable bonds is 3. The zero-order valence-corrected chi connectivity index (χ0v) is 9.82. The second kappa shape index (κ2) is 5.79. The molecular formula is C12H9ClN2O2. The van der Waals surface area contributed by atoms with Gasteiger partial charge in [0.25, 0.3) is 0 Å². The van der Waals surface area contributed by atoms with Crippen LogP contribution < -0.4 is 4.74 Å². The lowest BCUT2D eigenvalue weighted by Crippen LogP contribution is -1.92. The van der Waals surface area contributed by atoms with E-state index in [1.165, 1.54) is 18.2 Å². The molecule has 0 bridgehead atoms. The number of hydrogen-bond donors (Lipinski definition) is 1. The second-order valence-electron chi connectivity index (χ2n) is 3.06. The summed E-state index contributed by atoms with van der Waals surface area (Å²) in [6, 6.07) is 6.44. The Bertz CT molecular complexity index is 523. The summed E-state index contributed by atoms with van der Waals surface area (Å²) in [5, 5.41) is 27.0. The molecule has 0 spiro atoms. The quantitative estimate of drug-likeness (QED) is 0.835. The molecule has 0 unspecified atom stereocenters. The maximum atomic E-state index is 9.59. The summed E-state index contributed by atoms with van der Waals surface area (Å²) >= 11 is 5.80. The molecule has 0 fully saturated rings. The number of phenolic OH excluding ortho intramolecular Hbond substituents is 1. The highest BCUT2D eigenvalue weighted by atomic mass is 35.5. The Balaban J connectivity index is 3.25. The van der Waals surface area contributed by atoms with Crippen molar-refractivity contribution in [3.8, 4) is 23.6 Å². The highest BCUT2D eigenvalue weighted by molar-refractivity contribution is 6.32. The molecule has 1 N–H and O–H groups in total. The van der Waals surface area contributed by atoms with Crippen molar-refractivity contribution in [3.05, 3.63) is 28.3 Å². The molecule has 0 aromatic heterocycles. The van der Waals surface area contributed by atoms with Gasteiger partial charge in [-0.25, -0.2) is 0 Å². The van der Waals surface area contributed by atoms with Gasteiger partial charge < -0.3 is 9.84 Å². The predicted molar refractivity (Wildman–Crippen MR) is 63.5 cm³/mol. The minimum absolute atomic E-state index is 0.0470. The number of halogens is 1. The predicted octanol–water partition coefficient (Wildman–Crippen LogP) is 2.87. The van der Waals surface area contributed by atoms with E-state index in [2.05, 4.69) is 0 Å². The zero-order chi connectivity index (χ0) is 12.8. The van der Waals surface area contributed by atoms with Crippen molar-refractivity contribution in [2.45, 2.75) is 6.92 Å². The van der Waals surface area contributed by atoms with Crippen molar-refractivity contribution >= 4 is 17.7 Å². The Morgan fingerprint density at radius 3 is 2.65 bits per heavy atom. The molecule has 0 atom stereocenters. The van der Waals surface area contributed by atoms with Gasteiger partial charge in [-0.05, 0) is 30.7 Å². The first-order valence-corrected chi connectivity index (χ1v) is 5.17.